The van der Waals surface area contributed by atoms with E-state index >= 15 is 0 Å². The number of hydrogen-bond acceptors (Lipinski definition) is 6. The molecular weight excluding hydrogens is 368 g/mol. The second-order valence-electron chi connectivity index (χ2n) is 5.60. The van der Waals surface area contributed by atoms with Crippen LogP contribution >= 0.6 is 24.4 Å². The molecule has 2 aromatic carbocycles. The van der Waals surface area contributed by atoms with E-state index in [4.69, 9.17) is 44.1 Å². The van der Waals surface area contributed by atoms with Gasteiger partial charge in [-0.05, 0) is 11.6 Å². The molecule has 0 aliphatic rings. The van der Waals surface area contributed by atoms with Crippen LogP contribution in [0, 0.1) is 0 Å². The summed E-state index contributed by atoms with van der Waals surface area (Å²) in [7, 11) is 0. The van der Waals surface area contributed by atoms with Crippen molar-refractivity contribution < 1.29 is 19.7 Å². The van der Waals surface area contributed by atoms with E-state index in [1.54, 1.807) is 0 Å². The molecule has 0 saturated heterocycles. The lowest BCUT2D eigenvalue weighted by Crippen LogP contribution is -2.14. The van der Waals surface area contributed by atoms with Crippen molar-refractivity contribution in [2.24, 2.45) is 0 Å². The monoisotopic (exact) mass is 390 g/mol. The highest BCUT2D eigenvalue weighted by molar-refractivity contribution is 7.80. The summed E-state index contributed by atoms with van der Waals surface area (Å²) in [6.45, 7) is 0.453. The Hall–Kier alpha value is -1.86. The van der Waals surface area contributed by atoms with Gasteiger partial charge in [-0.15, -0.1) is 0 Å². The standard InChI is InChI=1S/C20H22O4S2/c21-11-9-16(25)13-23-19-8-4-7-18(15-5-2-1-3-6-15)20(19)24-14-17(26)10-12-22/h1-8,21-22H,9-14H2. The zero-order valence-electron chi connectivity index (χ0n) is 14.4. The van der Waals surface area contributed by atoms with Crippen molar-refractivity contribution in [3.05, 3.63) is 48.5 Å². The predicted octanol–water partition coefficient (Wildman–Crippen LogP) is 3.62. The maximum atomic E-state index is 9.01. The largest absolute Gasteiger partial charge is 0.484 e. The first-order chi connectivity index (χ1) is 12.7. The second kappa shape index (κ2) is 11.0. The van der Waals surface area contributed by atoms with Crippen molar-refractivity contribution in [1.82, 2.24) is 0 Å². The molecule has 0 aliphatic heterocycles. The Labute approximate surface area is 164 Å². The van der Waals surface area contributed by atoms with Crippen LogP contribution in [0.2, 0.25) is 0 Å². The Kier molecular flexibility index (Phi) is 8.64. The maximum Gasteiger partial charge on any atom is 0.169 e. The summed E-state index contributed by atoms with van der Waals surface area (Å²) in [6, 6.07) is 15.5. The lowest BCUT2D eigenvalue weighted by Gasteiger charge is -2.17. The molecule has 6 heteroatoms. The molecule has 0 atom stereocenters. The average molecular weight is 391 g/mol. The van der Waals surface area contributed by atoms with E-state index in [1.165, 1.54) is 0 Å². The van der Waals surface area contributed by atoms with Gasteiger partial charge in [0, 0.05) is 41.3 Å². The van der Waals surface area contributed by atoms with Crippen LogP contribution in [-0.2, 0) is 0 Å². The van der Waals surface area contributed by atoms with E-state index in [9.17, 15) is 0 Å². The molecule has 0 unspecified atom stereocenters. The Morgan fingerprint density at radius 1 is 0.769 bits per heavy atom. The number of rotatable bonds is 11. The normalized spacial score (nSPS) is 10.4. The zero-order valence-corrected chi connectivity index (χ0v) is 16.0. The van der Waals surface area contributed by atoms with Gasteiger partial charge in [0.2, 0.25) is 0 Å². The predicted molar refractivity (Wildman–Crippen MR) is 111 cm³/mol. The van der Waals surface area contributed by atoms with Crippen LogP contribution in [0.3, 0.4) is 0 Å². The first-order valence-corrected chi connectivity index (χ1v) is 9.16. The maximum absolute atomic E-state index is 9.01. The lowest BCUT2D eigenvalue weighted by atomic mass is 10.0. The summed E-state index contributed by atoms with van der Waals surface area (Å²) in [5.74, 6) is 1.16. The van der Waals surface area contributed by atoms with Crippen LogP contribution in [0.4, 0.5) is 0 Å². The number of benzene rings is 2. The number of aliphatic hydroxyl groups is 2. The SMILES string of the molecule is OCCC(=S)COc1cccc(-c2ccccc2)c1OCC(=S)CCO. The third-order valence-corrected chi connectivity index (χ3v) is 4.26. The molecular formula is C20H22O4S2. The van der Waals surface area contributed by atoms with E-state index in [0.29, 0.717) is 34.1 Å². The minimum atomic E-state index is 0.00130. The molecule has 0 aliphatic carbocycles. The minimum Gasteiger partial charge on any atom is -0.484 e. The highest BCUT2D eigenvalue weighted by atomic mass is 32.1. The van der Waals surface area contributed by atoms with E-state index in [2.05, 4.69) is 0 Å². The zero-order chi connectivity index (χ0) is 18.8. The molecule has 4 nitrogen and oxygen atoms in total. The molecule has 0 saturated carbocycles. The second-order valence-corrected chi connectivity index (χ2v) is 6.76. The first-order valence-electron chi connectivity index (χ1n) is 8.35. The summed E-state index contributed by atoms with van der Waals surface area (Å²) in [5, 5.41) is 18.0. The molecule has 0 fully saturated rings. The Morgan fingerprint density at radius 2 is 1.38 bits per heavy atom. The topological polar surface area (TPSA) is 58.9 Å². The fourth-order valence-electron chi connectivity index (χ4n) is 2.33. The fourth-order valence-corrected chi connectivity index (χ4v) is 2.63. The molecule has 0 amide bonds. The smallest absolute Gasteiger partial charge is 0.169 e. The summed E-state index contributed by atoms with van der Waals surface area (Å²) >= 11 is 10.4. The van der Waals surface area contributed by atoms with Crippen molar-refractivity contribution in [1.29, 1.82) is 0 Å². The minimum absolute atomic E-state index is 0.00130. The van der Waals surface area contributed by atoms with Crippen LogP contribution in [-0.4, -0.2) is 46.4 Å². The molecule has 2 rings (SSSR count). The summed E-state index contributed by atoms with van der Waals surface area (Å²) in [6.07, 6.45) is 0.837. The summed E-state index contributed by atoms with van der Waals surface area (Å²) < 4.78 is 11.8. The number of para-hydroxylation sites is 1. The molecule has 0 radical (unpaired) electrons. The van der Waals surface area contributed by atoms with E-state index in [0.717, 1.165) is 11.1 Å². The number of aliphatic hydroxyl groups excluding tert-OH is 2. The molecule has 0 aromatic heterocycles. The molecule has 138 valence electrons. The summed E-state index contributed by atoms with van der Waals surface area (Å²) in [5.41, 5.74) is 1.89. The van der Waals surface area contributed by atoms with Gasteiger partial charge in [-0.25, -0.2) is 0 Å². The first kappa shape index (κ1) is 20.5. The van der Waals surface area contributed by atoms with Gasteiger partial charge in [0.05, 0.1) is 0 Å². The van der Waals surface area contributed by atoms with Crippen molar-refractivity contribution in [2.45, 2.75) is 12.8 Å². The third-order valence-electron chi connectivity index (χ3n) is 3.61. The van der Waals surface area contributed by atoms with Crippen LogP contribution in [0.25, 0.3) is 11.1 Å². The molecule has 2 N–H and O–H groups in total. The van der Waals surface area contributed by atoms with Crippen LogP contribution in [0.1, 0.15) is 12.8 Å². The lowest BCUT2D eigenvalue weighted by molar-refractivity contribution is 0.295. The number of hydrogen-bond donors (Lipinski definition) is 2. The highest BCUT2D eigenvalue weighted by Crippen LogP contribution is 2.38. The summed E-state index contributed by atoms with van der Waals surface area (Å²) in [4.78, 5) is 1.27. The van der Waals surface area contributed by atoms with Gasteiger partial charge in [0.15, 0.2) is 11.5 Å². The Balaban J connectivity index is 2.27. The van der Waals surface area contributed by atoms with Crippen LogP contribution < -0.4 is 9.47 Å². The van der Waals surface area contributed by atoms with E-state index in [1.807, 2.05) is 48.5 Å². The molecule has 0 heterocycles. The van der Waals surface area contributed by atoms with Gasteiger partial charge in [-0.3, -0.25) is 0 Å². The molecule has 2 aromatic rings. The van der Waals surface area contributed by atoms with Crippen molar-refractivity contribution in [3.8, 4) is 22.6 Å². The molecule has 26 heavy (non-hydrogen) atoms. The van der Waals surface area contributed by atoms with Crippen molar-refractivity contribution in [2.75, 3.05) is 26.4 Å². The fraction of sp³-hybridized carbons (Fsp3) is 0.300. The van der Waals surface area contributed by atoms with E-state index in [-0.39, 0.29) is 26.4 Å². The van der Waals surface area contributed by atoms with Gasteiger partial charge in [0.1, 0.15) is 13.2 Å². The van der Waals surface area contributed by atoms with Gasteiger partial charge < -0.3 is 19.7 Å². The van der Waals surface area contributed by atoms with Gasteiger partial charge >= 0.3 is 0 Å². The molecule has 0 spiro atoms. The van der Waals surface area contributed by atoms with Crippen LogP contribution in [0.5, 0.6) is 11.5 Å². The average Bonchev–Trinajstić information content (AvgIpc) is 2.66. The number of ether oxygens (including phenoxy) is 2. The Morgan fingerprint density at radius 3 is 2.00 bits per heavy atom. The van der Waals surface area contributed by atoms with Gasteiger partial charge in [0.25, 0.3) is 0 Å². The van der Waals surface area contributed by atoms with Gasteiger partial charge in [-0.2, -0.15) is 0 Å². The van der Waals surface area contributed by atoms with Crippen LogP contribution in [0.15, 0.2) is 48.5 Å². The number of thiocarbonyl (C=S) groups is 2. The van der Waals surface area contributed by atoms with E-state index < -0.39 is 0 Å². The van der Waals surface area contributed by atoms with Crippen molar-refractivity contribution >= 4 is 34.2 Å². The molecule has 0 bridgehead atoms. The quantitative estimate of drug-likeness (QED) is 0.572. The Bertz CT molecular complexity index is 732. The third kappa shape index (κ3) is 6.14. The van der Waals surface area contributed by atoms with Gasteiger partial charge in [-0.1, -0.05) is 66.9 Å². The highest BCUT2D eigenvalue weighted by Gasteiger charge is 2.14. The van der Waals surface area contributed by atoms with Crippen molar-refractivity contribution in [3.63, 3.8) is 0 Å².